The van der Waals surface area contributed by atoms with Crippen LogP contribution in [0.15, 0.2) is 0 Å². The van der Waals surface area contributed by atoms with Gasteiger partial charge in [-0.2, -0.15) is 0 Å². The molecule has 1 N–H and O–H groups in total. The fourth-order valence-electron chi connectivity index (χ4n) is 1.38. The number of nitrogens with zero attached hydrogens (tertiary/aromatic N) is 1. The summed E-state index contributed by atoms with van der Waals surface area (Å²) in [6.07, 6.45) is 0.885. The lowest BCUT2D eigenvalue weighted by molar-refractivity contribution is -0.138. The molecule has 0 aliphatic rings. The first-order valence-corrected chi connectivity index (χ1v) is 4.99. The Morgan fingerprint density at radius 2 is 2.14 bits per heavy atom. The zero-order valence-corrected chi connectivity index (χ0v) is 9.32. The Balaban J connectivity index is 3.78. The summed E-state index contributed by atoms with van der Waals surface area (Å²) in [7, 11) is 1.66. The van der Waals surface area contributed by atoms with Crippen molar-refractivity contribution in [1.82, 2.24) is 4.90 Å². The number of methoxy groups -OCH3 is 1. The van der Waals surface area contributed by atoms with Gasteiger partial charge in [0.05, 0.1) is 6.54 Å². The quantitative estimate of drug-likeness (QED) is 0.599. The van der Waals surface area contributed by atoms with Crippen molar-refractivity contribution in [3.05, 3.63) is 0 Å². The highest BCUT2D eigenvalue weighted by molar-refractivity contribution is 5.69. The standard InChI is InChI=1S/C10H21NO3/c1-9(2)7-11(8-10(12)13)5-4-6-14-3/h9H,4-8H2,1-3H3,(H,12,13). The first-order valence-electron chi connectivity index (χ1n) is 4.99. The molecule has 0 heterocycles. The summed E-state index contributed by atoms with van der Waals surface area (Å²) in [6, 6.07) is 0. The van der Waals surface area contributed by atoms with Crippen LogP contribution >= 0.6 is 0 Å². The van der Waals surface area contributed by atoms with Crippen LogP contribution in [0, 0.1) is 5.92 Å². The number of hydrogen-bond acceptors (Lipinski definition) is 3. The van der Waals surface area contributed by atoms with Crippen LogP contribution < -0.4 is 0 Å². The van der Waals surface area contributed by atoms with Gasteiger partial charge in [0.25, 0.3) is 0 Å². The second-order valence-corrected chi connectivity index (χ2v) is 3.87. The fraction of sp³-hybridized carbons (Fsp3) is 0.900. The van der Waals surface area contributed by atoms with Gasteiger partial charge in [-0.1, -0.05) is 13.8 Å². The summed E-state index contributed by atoms with van der Waals surface area (Å²) in [5.41, 5.74) is 0. The van der Waals surface area contributed by atoms with Gasteiger partial charge in [0.1, 0.15) is 0 Å². The third-order valence-electron chi connectivity index (χ3n) is 1.81. The zero-order chi connectivity index (χ0) is 11.0. The molecule has 4 heteroatoms. The van der Waals surface area contributed by atoms with Crippen LogP contribution in [0.3, 0.4) is 0 Å². The van der Waals surface area contributed by atoms with E-state index in [0.29, 0.717) is 12.5 Å². The molecule has 0 aliphatic carbocycles. The molecule has 0 fully saturated rings. The Labute approximate surface area is 85.9 Å². The highest BCUT2D eigenvalue weighted by Gasteiger charge is 2.10. The summed E-state index contributed by atoms with van der Waals surface area (Å²) in [5.74, 6) is -0.264. The molecule has 0 aromatic rings. The number of ether oxygens (including phenoxy) is 1. The monoisotopic (exact) mass is 203 g/mol. The van der Waals surface area contributed by atoms with Crippen LogP contribution in [0.25, 0.3) is 0 Å². The van der Waals surface area contributed by atoms with E-state index in [-0.39, 0.29) is 6.54 Å². The predicted molar refractivity (Wildman–Crippen MR) is 55.4 cm³/mol. The molecule has 0 amide bonds. The van der Waals surface area contributed by atoms with Gasteiger partial charge >= 0.3 is 5.97 Å². The lowest BCUT2D eigenvalue weighted by Crippen LogP contribution is -2.34. The SMILES string of the molecule is COCCCN(CC(=O)O)CC(C)C. The molecule has 0 spiro atoms. The number of carbonyl (C=O) groups is 1. The predicted octanol–water partition coefficient (Wildman–Crippen LogP) is 1.07. The summed E-state index contributed by atoms with van der Waals surface area (Å²) in [5, 5.41) is 8.68. The van der Waals surface area contributed by atoms with E-state index in [1.165, 1.54) is 0 Å². The maximum Gasteiger partial charge on any atom is 0.317 e. The molecule has 0 bridgehead atoms. The Hall–Kier alpha value is -0.610. The second-order valence-electron chi connectivity index (χ2n) is 3.87. The van der Waals surface area contributed by atoms with Crippen molar-refractivity contribution >= 4 is 5.97 Å². The van der Waals surface area contributed by atoms with Gasteiger partial charge in [-0.05, 0) is 12.3 Å². The molecular formula is C10H21NO3. The molecule has 0 unspecified atom stereocenters. The van der Waals surface area contributed by atoms with E-state index in [1.54, 1.807) is 7.11 Å². The highest BCUT2D eigenvalue weighted by atomic mass is 16.5. The Morgan fingerprint density at radius 1 is 1.50 bits per heavy atom. The third-order valence-corrected chi connectivity index (χ3v) is 1.81. The lowest BCUT2D eigenvalue weighted by atomic mass is 10.2. The van der Waals surface area contributed by atoms with Crippen LogP contribution in [0.1, 0.15) is 20.3 Å². The first kappa shape index (κ1) is 13.4. The Kier molecular flexibility index (Phi) is 7.42. The molecule has 0 atom stereocenters. The molecule has 0 aromatic carbocycles. The molecule has 14 heavy (non-hydrogen) atoms. The largest absolute Gasteiger partial charge is 0.480 e. The van der Waals surface area contributed by atoms with Crippen LogP contribution in [0.5, 0.6) is 0 Å². The molecule has 84 valence electrons. The fourth-order valence-corrected chi connectivity index (χ4v) is 1.38. The van der Waals surface area contributed by atoms with Crippen molar-refractivity contribution < 1.29 is 14.6 Å². The average Bonchev–Trinajstić information content (AvgIpc) is 2.02. The van der Waals surface area contributed by atoms with E-state index in [1.807, 2.05) is 4.90 Å². The summed E-state index contributed by atoms with van der Waals surface area (Å²) in [6.45, 7) is 6.61. The highest BCUT2D eigenvalue weighted by Crippen LogP contribution is 1.99. The van der Waals surface area contributed by atoms with Crippen LogP contribution in [-0.2, 0) is 9.53 Å². The number of carboxylic acid groups (broad SMARTS) is 1. The minimum atomic E-state index is -0.761. The molecule has 0 saturated heterocycles. The van der Waals surface area contributed by atoms with E-state index in [4.69, 9.17) is 9.84 Å². The molecule has 0 rings (SSSR count). The molecule has 0 aliphatic heterocycles. The second kappa shape index (κ2) is 7.76. The van der Waals surface area contributed by atoms with E-state index in [9.17, 15) is 4.79 Å². The smallest absolute Gasteiger partial charge is 0.317 e. The summed E-state index contributed by atoms with van der Waals surface area (Å²) >= 11 is 0. The number of rotatable bonds is 8. The van der Waals surface area contributed by atoms with E-state index in [0.717, 1.165) is 19.5 Å². The molecule has 0 aromatic heterocycles. The van der Waals surface area contributed by atoms with Crippen molar-refractivity contribution in [2.24, 2.45) is 5.92 Å². The van der Waals surface area contributed by atoms with E-state index >= 15 is 0 Å². The maximum absolute atomic E-state index is 10.6. The van der Waals surface area contributed by atoms with Gasteiger partial charge in [-0.25, -0.2) is 0 Å². The van der Waals surface area contributed by atoms with Crippen LogP contribution in [0.2, 0.25) is 0 Å². The van der Waals surface area contributed by atoms with Crippen molar-refractivity contribution in [3.63, 3.8) is 0 Å². The van der Waals surface area contributed by atoms with Crippen molar-refractivity contribution in [3.8, 4) is 0 Å². The molecular weight excluding hydrogens is 182 g/mol. The van der Waals surface area contributed by atoms with Gasteiger partial charge in [0.2, 0.25) is 0 Å². The number of hydrogen-bond donors (Lipinski definition) is 1. The van der Waals surface area contributed by atoms with Gasteiger partial charge in [-0.3, -0.25) is 9.69 Å². The van der Waals surface area contributed by atoms with E-state index in [2.05, 4.69) is 13.8 Å². The Morgan fingerprint density at radius 3 is 2.57 bits per heavy atom. The summed E-state index contributed by atoms with van der Waals surface area (Å²) < 4.78 is 4.93. The minimum absolute atomic E-state index is 0.127. The lowest BCUT2D eigenvalue weighted by Gasteiger charge is -2.21. The van der Waals surface area contributed by atoms with Crippen molar-refractivity contribution in [1.29, 1.82) is 0 Å². The van der Waals surface area contributed by atoms with Gasteiger partial charge < -0.3 is 9.84 Å². The number of carboxylic acids is 1. The van der Waals surface area contributed by atoms with Gasteiger partial charge in [-0.15, -0.1) is 0 Å². The first-order chi connectivity index (χ1) is 6.56. The number of aliphatic carboxylic acids is 1. The average molecular weight is 203 g/mol. The van der Waals surface area contributed by atoms with Crippen molar-refractivity contribution in [2.45, 2.75) is 20.3 Å². The zero-order valence-electron chi connectivity index (χ0n) is 9.32. The summed E-state index contributed by atoms with van der Waals surface area (Å²) in [4.78, 5) is 12.5. The topological polar surface area (TPSA) is 49.8 Å². The van der Waals surface area contributed by atoms with Crippen LogP contribution in [-0.4, -0.2) is 49.3 Å². The normalized spacial score (nSPS) is 11.2. The van der Waals surface area contributed by atoms with E-state index < -0.39 is 5.97 Å². The van der Waals surface area contributed by atoms with Gasteiger partial charge in [0, 0.05) is 26.8 Å². The van der Waals surface area contributed by atoms with Crippen LogP contribution in [0.4, 0.5) is 0 Å². The molecule has 0 saturated carbocycles. The molecule has 0 radical (unpaired) electrons. The molecule has 4 nitrogen and oxygen atoms in total. The maximum atomic E-state index is 10.6. The Bertz CT molecular complexity index is 159. The van der Waals surface area contributed by atoms with Gasteiger partial charge in [0.15, 0.2) is 0 Å². The van der Waals surface area contributed by atoms with Crippen molar-refractivity contribution in [2.75, 3.05) is 33.4 Å². The third kappa shape index (κ3) is 8.01. The minimum Gasteiger partial charge on any atom is -0.480 e.